The predicted molar refractivity (Wildman–Crippen MR) is 162 cm³/mol. The summed E-state index contributed by atoms with van der Waals surface area (Å²) in [5.74, 6) is 0. The molecule has 0 aromatic carbocycles. The summed E-state index contributed by atoms with van der Waals surface area (Å²) in [6, 6.07) is 0. The molecule has 0 aliphatic carbocycles. The first-order chi connectivity index (χ1) is 1.73. The van der Waals surface area contributed by atoms with Gasteiger partial charge in [0.15, 0.2) is 0 Å². The molecule has 0 spiro atoms. The van der Waals surface area contributed by atoms with Crippen LogP contribution in [0.2, 0.25) is 0 Å². The molecule has 12 nitrogen and oxygen atoms in total. The fraction of sp³-hybridized carbons (Fsp3) is 1.00. The van der Waals surface area contributed by atoms with E-state index < -0.39 is 0 Å². The molecular weight excluding hydrogens is 630 g/mol. The minimum atomic E-state index is 0. The van der Waals surface area contributed by atoms with Crippen molar-refractivity contribution in [3.05, 3.63) is 0 Å². The zero-order chi connectivity index (χ0) is 3.58. The van der Waals surface area contributed by atoms with Crippen LogP contribution in [-0.4, -0.2) is 26.0 Å². The van der Waals surface area contributed by atoms with Crippen LogP contribution in [0.15, 0.2) is 0 Å². The van der Waals surface area contributed by atoms with Crippen molar-refractivity contribution in [1.29, 1.82) is 0 Å². The smallest absolute Gasteiger partial charge is 0.0140 e. The van der Waals surface area contributed by atoms with Gasteiger partial charge in [-0.15, -0.1) is 149 Å². The largest absolute Gasteiger partial charge is 0.344 e. The van der Waals surface area contributed by atoms with E-state index in [0.29, 0.717) is 0 Å². The van der Waals surface area contributed by atoms with E-state index in [2.05, 4.69) is 0 Å². The van der Waals surface area contributed by atoms with Gasteiger partial charge in [-0.3, -0.25) is 0 Å². The zero-order valence-corrected chi connectivity index (χ0v) is 25.9. The Labute approximate surface area is 241 Å². The maximum Gasteiger partial charge on any atom is -0.0140 e. The van der Waals surface area contributed by atoms with Gasteiger partial charge < -0.3 is 72.6 Å². The second-order valence-electron chi connectivity index (χ2n) is 1.34. The van der Waals surface area contributed by atoms with Crippen LogP contribution in [-0.2, 0) is 0 Å². The normalized spacial score (nSPS) is 1.33. The van der Waals surface area contributed by atoms with Gasteiger partial charge in [0.25, 0.3) is 0 Å². The van der Waals surface area contributed by atoms with E-state index in [9.17, 15) is 0 Å². The van der Waals surface area contributed by atoms with Crippen molar-refractivity contribution in [3.63, 3.8) is 0 Å². The van der Waals surface area contributed by atoms with Gasteiger partial charge in [-0.2, -0.15) is 0 Å². The zero-order valence-electron chi connectivity index (χ0n) is 16.1. The van der Waals surface area contributed by atoms with Crippen molar-refractivity contribution >= 4 is 149 Å². The second kappa shape index (κ2) is 632. The molecule has 0 radical (unpaired) electrons. The third-order valence-electron chi connectivity index (χ3n) is 0. The second-order valence-corrected chi connectivity index (χ2v) is 1.34. The summed E-state index contributed by atoms with van der Waals surface area (Å²) in [6.07, 6.45) is 0. The average molecular weight is 684 g/mol. The molecule has 0 aliphatic heterocycles. The van der Waals surface area contributed by atoms with Crippen LogP contribution in [0.25, 0.3) is 0 Å². The Bertz CT molecular complexity index is 42.3. The Hall–Kier alpha value is 3.00. The molecule has 24 heteroatoms. The number of halogens is 12. The lowest BCUT2D eigenvalue weighted by atomic mass is 11.0. The summed E-state index contributed by atoms with van der Waals surface area (Å²) in [5.41, 5.74) is 0. The molecule has 0 fully saturated rings. The lowest BCUT2D eigenvalue weighted by Gasteiger charge is -1.90. The van der Waals surface area contributed by atoms with Gasteiger partial charge in [0, 0.05) is 0 Å². The fourth-order valence-electron chi connectivity index (χ4n) is 0. The van der Waals surface area contributed by atoms with Crippen molar-refractivity contribution in [3.8, 4) is 0 Å². The molecule has 210 valence electrons. The van der Waals surface area contributed by atoms with Gasteiger partial charge in [-0.05, 0) is 21.1 Å². The SMILES string of the molecule is CN(C)C.Cl.Cl.Cl.Cl.Cl.Cl.Cl.Cl.Cl.Cl.Cl.Cl.N.N.N.N.N.N.N.N.N.N.N. The lowest BCUT2D eigenvalue weighted by molar-refractivity contribution is 0.505. The Balaban J connectivity index is -0.000000000178. The maximum atomic E-state index is 2.00. The third kappa shape index (κ3) is 2350. The average Bonchev–Trinajstić information content (AvgIpc) is 0.811. The molecule has 0 bridgehead atoms. The van der Waals surface area contributed by atoms with Gasteiger partial charge in [0.2, 0.25) is 0 Å². The Morgan fingerprint density at radius 2 is 0.222 bits per heavy atom. The van der Waals surface area contributed by atoms with E-state index in [-0.39, 0.29) is 217 Å². The molecule has 0 saturated heterocycles. The molecule has 33 N–H and O–H groups in total. The van der Waals surface area contributed by atoms with Crippen molar-refractivity contribution in [2.75, 3.05) is 21.1 Å². The lowest BCUT2D eigenvalue weighted by Crippen LogP contribution is -1.99. The molecular formula is C3H54Cl12N12. The quantitative estimate of drug-likeness (QED) is 0.123. The van der Waals surface area contributed by atoms with Crippen LogP contribution in [0.3, 0.4) is 0 Å². The van der Waals surface area contributed by atoms with Crippen molar-refractivity contribution in [2.24, 2.45) is 0 Å². The van der Waals surface area contributed by atoms with E-state index in [1.807, 2.05) is 26.0 Å². The molecule has 0 atom stereocenters. The molecule has 0 aromatic rings. The molecule has 0 unspecified atom stereocenters. The summed E-state index contributed by atoms with van der Waals surface area (Å²) in [7, 11) is 6.00. The van der Waals surface area contributed by atoms with Crippen molar-refractivity contribution in [1.82, 2.24) is 72.6 Å². The van der Waals surface area contributed by atoms with E-state index in [1.165, 1.54) is 0 Å². The number of hydrogen-bond acceptors (Lipinski definition) is 12. The first-order valence-electron chi connectivity index (χ1n) is 1.34. The summed E-state index contributed by atoms with van der Waals surface area (Å²) in [6.45, 7) is 0. The van der Waals surface area contributed by atoms with E-state index in [4.69, 9.17) is 0 Å². The fourth-order valence-corrected chi connectivity index (χ4v) is 0. The minimum Gasteiger partial charge on any atom is -0.344 e. The molecule has 0 saturated carbocycles. The summed E-state index contributed by atoms with van der Waals surface area (Å²) in [4.78, 5) is 2.00. The number of rotatable bonds is 0. The van der Waals surface area contributed by atoms with E-state index in [1.54, 1.807) is 0 Å². The van der Waals surface area contributed by atoms with Crippen molar-refractivity contribution < 1.29 is 0 Å². The standard InChI is InChI=1S/C3H9N.12ClH.11H3N/c1-4(2)3;;;;;;;;;;;;;;;;;;;;;;;/h1-3H3;12*1H;11*1H3. The van der Waals surface area contributed by atoms with Gasteiger partial charge in [-0.1, -0.05) is 0 Å². The van der Waals surface area contributed by atoms with Crippen LogP contribution >= 0.6 is 149 Å². The number of nitrogens with zero attached hydrogens (tertiary/aromatic N) is 1. The Morgan fingerprint density at radius 3 is 0.222 bits per heavy atom. The number of hydrogen-bond donors (Lipinski definition) is 11. The Morgan fingerprint density at radius 1 is 0.222 bits per heavy atom. The maximum absolute atomic E-state index is 2.00. The van der Waals surface area contributed by atoms with Crippen LogP contribution < -0.4 is 67.7 Å². The summed E-state index contributed by atoms with van der Waals surface area (Å²) >= 11 is 0. The van der Waals surface area contributed by atoms with Crippen LogP contribution in [0.4, 0.5) is 0 Å². The Kier molecular flexibility index (Phi) is 16400. The van der Waals surface area contributed by atoms with E-state index >= 15 is 0 Å². The van der Waals surface area contributed by atoms with Crippen LogP contribution in [0.5, 0.6) is 0 Å². The van der Waals surface area contributed by atoms with Gasteiger partial charge in [0.05, 0.1) is 0 Å². The molecule has 0 heterocycles. The molecule has 0 aliphatic rings. The highest BCUT2D eigenvalue weighted by Crippen LogP contribution is 1.47. The summed E-state index contributed by atoms with van der Waals surface area (Å²) in [5, 5.41) is 0. The van der Waals surface area contributed by atoms with Gasteiger partial charge >= 0.3 is 0 Å². The van der Waals surface area contributed by atoms with E-state index in [0.717, 1.165) is 0 Å². The molecule has 0 amide bonds. The highest BCUT2D eigenvalue weighted by atomic mass is 35.5. The van der Waals surface area contributed by atoms with Crippen LogP contribution in [0.1, 0.15) is 0 Å². The first-order valence-corrected chi connectivity index (χ1v) is 1.34. The minimum absolute atomic E-state index is 0. The first kappa shape index (κ1) is 701. The molecule has 0 aromatic heterocycles. The van der Waals surface area contributed by atoms with Crippen LogP contribution in [0, 0.1) is 0 Å². The highest BCUT2D eigenvalue weighted by molar-refractivity contribution is 5.86. The predicted octanol–water partition coefficient (Wildman–Crippen LogP) is 7.02. The van der Waals surface area contributed by atoms with Gasteiger partial charge in [0.1, 0.15) is 0 Å². The summed E-state index contributed by atoms with van der Waals surface area (Å²) < 4.78 is 0. The molecule has 0 rings (SSSR count). The topological polar surface area (TPSA) is 388 Å². The van der Waals surface area contributed by atoms with Gasteiger partial charge in [-0.25, -0.2) is 0 Å². The highest BCUT2D eigenvalue weighted by Gasteiger charge is 1.58. The monoisotopic (exact) mass is 678 g/mol. The molecule has 27 heavy (non-hydrogen) atoms. The third-order valence-corrected chi connectivity index (χ3v) is 0. The van der Waals surface area contributed by atoms with Crippen molar-refractivity contribution in [2.45, 2.75) is 0 Å².